The van der Waals surface area contributed by atoms with Gasteiger partial charge in [0.1, 0.15) is 0 Å². The molecule has 94 valence electrons. The molecule has 0 saturated carbocycles. The fourth-order valence-electron chi connectivity index (χ4n) is 2.01. The Morgan fingerprint density at radius 1 is 0.895 bits per heavy atom. The van der Waals surface area contributed by atoms with Crippen LogP contribution in [0.4, 0.5) is 5.69 Å². The Morgan fingerprint density at radius 2 is 1.53 bits per heavy atom. The minimum Gasteiger partial charge on any atom is -0.399 e. The summed E-state index contributed by atoms with van der Waals surface area (Å²) in [5, 5.41) is 3.34. The third kappa shape index (κ3) is 1.81. The van der Waals surface area contributed by atoms with E-state index in [1.165, 1.54) is 4.68 Å². The van der Waals surface area contributed by atoms with Gasteiger partial charge < -0.3 is 5.73 Å². The summed E-state index contributed by atoms with van der Waals surface area (Å²) < 4.78 is 1.23. The zero-order valence-electron chi connectivity index (χ0n) is 9.96. The topological polar surface area (TPSA) is 80.9 Å². The summed E-state index contributed by atoms with van der Waals surface area (Å²) >= 11 is 0. The van der Waals surface area contributed by atoms with Crippen LogP contribution < -0.4 is 16.9 Å². The molecule has 3 N–H and O–H groups in total. The van der Waals surface area contributed by atoms with E-state index in [9.17, 15) is 9.59 Å². The van der Waals surface area contributed by atoms with Gasteiger partial charge in [-0.15, -0.1) is 0 Å². The van der Waals surface area contributed by atoms with Gasteiger partial charge in [-0.1, -0.05) is 12.1 Å². The number of hydrogen-bond donors (Lipinski definition) is 2. The van der Waals surface area contributed by atoms with E-state index < -0.39 is 0 Å². The number of rotatable bonds is 1. The van der Waals surface area contributed by atoms with Gasteiger partial charge in [-0.05, 0) is 36.4 Å². The van der Waals surface area contributed by atoms with Crippen molar-refractivity contribution in [1.82, 2.24) is 9.78 Å². The molecule has 0 atom stereocenters. The van der Waals surface area contributed by atoms with E-state index in [-0.39, 0.29) is 11.1 Å². The van der Waals surface area contributed by atoms with Crippen LogP contribution in [0.3, 0.4) is 0 Å². The van der Waals surface area contributed by atoms with Crippen LogP contribution in [0, 0.1) is 0 Å². The zero-order valence-corrected chi connectivity index (χ0v) is 9.96. The molecule has 0 saturated heterocycles. The van der Waals surface area contributed by atoms with Gasteiger partial charge >= 0.3 is 0 Å². The largest absolute Gasteiger partial charge is 0.399 e. The highest BCUT2D eigenvalue weighted by Crippen LogP contribution is 2.09. The molecule has 0 amide bonds. The van der Waals surface area contributed by atoms with Gasteiger partial charge in [0.05, 0.1) is 16.5 Å². The van der Waals surface area contributed by atoms with Crippen molar-refractivity contribution in [3.63, 3.8) is 0 Å². The first-order valence-corrected chi connectivity index (χ1v) is 5.77. The van der Waals surface area contributed by atoms with Gasteiger partial charge in [0, 0.05) is 5.69 Å². The fourth-order valence-corrected chi connectivity index (χ4v) is 2.01. The molecule has 0 bridgehead atoms. The fraction of sp³-hybridized carbons (Fsp3) is 0. The molecule has 5 nitrogen and oxygen atoms in total. The number of nitrogens with zero attached hydrogens (tertiary/aromatic N) is 1. The SMILES string of the molecule is Nc1ccc(-n2[nH]c(=O)c3ccccc3c2=O)cc1. The summed E-state index contributed by atoms with van der Waals surface area (Å²) in [6, 6.07) is 13.4. The Bertz CT molecular complexity index is 860. The molecule has 3 rings (SSSR count). The molecule has 0 aliphatic carbocycles. The normalized spacial score (nSPS) is 10.7. The van der Waals surface area contributed by atoms with Gasteiger partial charge in [0.25, 0.3) is 11.1 Å². The molecule has 0 radical (unpaired) electrons. The molecular weight excluding hydrogens is 242 g/mol. The molecule has 1 heterocycles. The van der Waals surface area contributed by atoms with Gasteiger partial charge in [-0.2, -0.15) is 0 Å². The predicted molar refractivity (Wildman–Crippen MR) is 74.6 cm³/mol. The first-order valence-electron chi connectivity index (χ1n) is 5.77. The first-order chi connectivity index (χ1) is 9.16. The third-order valence-electron chi connectivity index (χ3n) is 2.97. The van der Waals surface area contributed by atoms with E-state index in [1.807, 2.05) is 0 Å². The monoisotopic (exact) mass is 253 g/mol. The predicted octanol–water partition coefficient (Wildman–Crippen LogP) is 1.26. The van der Waals surface area contributed by atoms with Crippen molar-refractivity contribution in [1.29, 1.82) is 0 Å². The highest BCUT2D eigenvalue weighted by Gasteiger charge is 2.07. The number of hydrogen-bond acceptors (Lipinski definition) is 3. The van der Waals surface area contributed by atoms with Gasteiger partial charge in [-0.25, -0.2) is 4.68 Å². The van der Waals surface area contributed by atoms with Crippen molar-refractivity contribution >= 4 is 16.5 Å². The minimum atomic E-state index is -0.299. The van der Waals surface area contributed by atoms with Crippen LogP contribution in [0.2, 0.25) is 0 Å². The summed E-state index contributed by atoms with van der Waals surface area (Å²) in [5.74, 6) is 0. The van der Waals surface area contributed by atoms with Crippen LogP contribution in [0.5, 0.6) is 0 Å². The van der Waals surface area contributed by atoms with Crippen molar-refractivity contribution in [3.8, 4) is 5.69 Å². The number of aromatic nitrogens is 2. The number of benzene rings is 2. The zero-order chi connectivity index (χ0) is 13.4. The Labute approximate surface area is 107 Å². The second kappa shape index (κ2) is 4.13. The van der Waals surface area contributed by atoms with E-state index in [1.54, 1.807) is 48.5 Å². The van der Waals surface area contributed by atoms with Crippen molar-refractivity contribution in [2.24, 2.45) is 0 Å². The molecule has 0 spiro atoms. The second-order valence-corrected chi connectivity index (χ2v) is 4.22. The summed E-state index contributed by atoms with van der Waals surface area (Å²) in [6.07, 6.45) is 0. The average Bonchev–Trinajstić information content (AvgIpc) is 2.44. The maximum absolute atomic E-state index is 12.3. The lowest BCUT2D eigenvalue weighted by atomic mass is 10.2. The third-order valence-corrected chi connectivity index (χ3v) is 2.97. The lowest BCUT2D eigenvalue weighted by Gasteiger charge is -2.07. The molecule has 0 unspecified atom stereocenters. The Kier molecular flexibility index (Phi) is 2.45. The van der Waals surface area contributed by atoms with E-state index >= 15 is 0 Å². The van der Waals surface area contributed by atoms with E-state index in [2.05, 4.69) is 5.10 Å². The summed E-state index contributed by atoms with van der Waals surface area (Å²) in [4.78, 5) is 24.3. The van der Waals surface area contributed by atoms with Gasteiger partial charge in [0.2, 0.25) is 0 Å². The van der Waals surface area contributed by atoms with Crippen LogP contribution in [-0.4, -0.2) is 9.78 Å². The smallest absolute Gasteiger partial charge is 0.277 e. The van der Waals surface area contributed by atoms with Crippen LogP contribution in [0.25, 0.3) is 16.5 Å². The molecule has 19 heavy (non-hydrogen) atoms. The van der Waals surface area contributed by atoms with Crippen molar-refractivity contribution in [3.05, 3.63) is 69.2 Å². The van der Waals surface area contributed by atoms with Crippen LogP contribution >= 0.6 is 0 Å². The van der Waals surface area contributed by atoms with Crippen LogP contribution in [0.15, 0.2) is 58.1 Å². The minimum absolute atomic E-state index is 0.264. The van der Waals surface area contributed by atoms with E-state index in [4.69, 9.17) is 5.73 Å². The summed E-state index contributed by atoms with van der Waals surface area (Å²) in [6.45, 7) is 0. The quantitative estimate of drug-likeness (QED) is 0.641. The summed E-state index contributed by atoms with van der Waals surface area (Å²) in [5.41, 5.74) is 6.21. The number of fused-ring (bicyclic) bond motifs is 1. The van der Waals surface area contributed by atoms with Crippen molar-refractivity contribution < 1.29 is 0 Å². The molecule has 0 aliphatic heterocycles. The molecule has 1 aromatic heterocycles. The standard InChI is InChI=1S/C14H11N3O2/c15-9-5-7-10(8-6-9)17-14(19)12-4-2-1-3-11(12)13(18)16-17/h1-8H,15H2,(H,16,18). The lowest BCUT2D eigenvalue weighted by molar-refractivity contribution is 0.802. The van der Waals surface area contributed by atoms with Crippen molar-refractivity contribution in [2.75, 3.05) is 5.73 Å². The Balaban J connectivity index is 2.37. The molecule has 3 aromatic rings. The number of H-pyrrole nitrogens is 1. The molecule has 0 fully saturated rings. The number of aromatic amines is 1. The van der Waals surface area contributed by atoms with E-state index in [0.29, 0.717) is 22.1 Å². The number of nitrogen functional groups attached to an aromatic ring is 1. The van der Waals surface area contributed by atoms with Gasteiger partial charge in [0.15, 0.2) is 0 Å². The maximum Gasteiger partial charge on any atom is 0.277 e. The van der Waals surface area contributed by atoms with E-state index in [0.717, 1.165) is 0 Å². The first kappa shape index (κ1) is 11.3. The molecule has 2 aromatic carbocycles. The Morgan fingerprint density at radius 3 is 2.21 bits per heavy atom. The second-order valence-electron chi connectivity index (χ2n) is 4.22. The van der Waals surface area contributed by atoms with Crippen molar-refractivity contribution in [2.45, 2.75) is 0 Å². The maximum atomic E-state index is 12.3. The molecule has 0 aliphatic rings. The number of nitrogens with one attached hydrogen (secondary N) is 1. The molecule has 5 heteroatoms. The molecular formula is C14H11N3O2. The summed E-state index contributed by atoms with van der Waals surface area (Å²) in [7, 11) is 0. The van der Waals surface area contributed by atoms with Gasteiger partial charge in [-0.3, -0.25) is 14.7 Å². The van der Waals surface area contributed by atoms with Crippen LogP contribution in [0.1, 0.15) is 0 Å². The lowest BCUT2D eigenvalue weighted by Crippen LogP contribution is -2.28. The average molecular weight is 253 g/mol. The Hall–Kier alpha value is -2.82. The number of nitrogens with two attached hydrogens (primary N) is 1. The van der Waals surface area contributed by atoms with Crippen LogP contribution in [-0.2, 0) is 0 Å². The highest BCUT2D eigenvalue weighted by molar-refractivity contribution is 5.80. The highest BCUT2D eigenvalue weighted by atomic mass is 16.2. The number of anilines is 1.